The second-order valence-corrected chi connectivity index (χ2v) is 10.8. The average Bonchev–Trinajstić information content (AvgIpc) is 2.91. The van der Waals surface area contributed by atoms with Crippen LogP contribution in [0.15, 0.2) is 15.8 Å². The predicted molar refractivity (Wildman–Crippen MR) is 107 cm³/mol. The summed E-state index contributed by atoms with van der Waals surface area (Å²) in [6.07, 6.45) is -3.86. The van der Waals surface area contributed by atoms with Crippen molar-refractivity contribution in [3.8, 4) is 0 Å². The predicted octanol–water partition coefficient (Wildman–Crippen LogP) is 0.199. The van der Waals surface area contributed by atoms with Crippen LogP contribution in [0.1, 0.15) is 52.8 Å². The highest BCUT2D eigenvalue weighted by Gasteiger charge is 2.53. The summed E-state index contributed by atoms with van der Waals surface area (Å²) in [5, 5.41) is 29.1. The van der Waals surface area contributed by atoms with E-state index < -0.39 is 60.2 Å². The maximum absolute atomic E-state index is 12.5. The van der Waals surface area contributed by atoms with Gasteiger partial charge in [0.25, 0.3) is 5.56 Å². The van der Waals surface area contributed by atoms with Crippen LogP contribution in [-0.2, 0) is 13.8 Å². The number of nitrogens with one attached hydrogen (secondary N) is 1. The van der Waals surface area contributed by atoms with Crippen LogP contribution < -0.4 is 11.2 Å². The molecule has 1 aromatic rings. The van der Waals surface area contributed by atoms with Crippen LogP contribution in [0.2, 0.25) is 0 Å². The van der Waals surface area contributed by atoms with Crippen molar-refractivity contribution in [3.05, 3.63) is 32.6 Å². The molecule has 1 aliphatic heterocycles. The van der Waals surface area contributed by atoms with Crippen LogP contribution in [0.4, 0.5) is 0 Å². The number of hydrogen-bond donors (Lipinski definition) is 5. The molecule has 0 saturated carbocycles. The van der Waals surface area contributed by atoms with Gasteiger partial charge in [-0.25, -0.2) is 4.79 Å². The number of aromatic nitrogens is 2. The Kier molecular flexibility index (Phi) is 6.91. The fraction of sp³-hybridized carbons (Fsp3) is 0.778. The van der Waals surface area contributed by atoms with Gasteiger partial charge in [0.15, 0.2) is 11.6 Å². The van der Waals surface area contributed by atoms with Crippen molar-refractivity contribution in [2.24, 2.45) is 5.92 Å². The minimum absolute atomic E-state index is 0.213. The maximum Gasteiger partial charge on any atom is 0.359 e. The van der Waals surface area contributed by atoms with Gasteiger partial charge in [-0.05, 0) is 34.1 Å². The zero-order valence-electron chi connectivity index (χ0n) is 17.9. The van der Waals surface area contributed by atoms with Crippen LogP contribution in [0.5, 0.6) is 0 Å². The molecule has 0 bridgehead atoms. The lowest BCUT2D eigenvalue weighted by Gasteiger charge is -2.41. The topological polar surface area (TPSA) is 171 Å². The standard InChI is InChI=1S/C18H31N2O9P/c1-7-18(6,29-30(26,27)17(4,5)25)10(3)13-11(21)12(22)15(28-13)20-8-9(2)14(23)19-16(20)24/h8,10-13,15,21-22,25H,7H2,1-6H3,(H,26,27)(H,19,23,24). The van der Waals surface area contributed by atoms with Crippen molar-refractivity contribution in [3.63, 3.8) is 0 Å². The molecule has 2 rings (SSSR count). The molecule has 1 aliphatic rings. The van der Waals surface area contributed by atoms with E-state index in [1.54, 1.807) is 20.8 Å². The highest BCUT2D eigenvalue weighted by Crippen LogP contribution is 2.58. The lowest BCUT2D eigenvalue weighted by Crippen LogP contribution is -2.47. The van der Waals surface area contributed by atoms with Gasteiger partial charge < -0.3 is 24.9 Å². The molecule has 0 amide bonds. The Morgan fingerprint density at radius 1 is 1.30 bits per heavy atom. The van der Waals surface area contributed by atoms with E-state index in [2.05, 4.69) is 4.98 Å². The molecule has 30 heavy (non-hydrogen) atoms. The first-order valence-electron chi connectivity index (χ1n) is 9.65. The number of H-pyrrole nitrogens is 1. The molecule has 12 heteroatoms. The first-order valence-corrected chi connectivity index (χ1v) is 11.2. The first kappa shape index (κ1) is 24.9. The van der Waals surface area contributed by atoms with Gasteiger partial charge in [-0.15, -0.1) is 0 Å². The lowest BCUT2D eigenvalue weighted by atomic mass is 9.82. The Hall–Kier alpha value is -1.33. The van der Waals surface area contributed by atoms with Crippen molar-refractivity contribution in [1.29, 1.82) is 0 Å². The summed E-state index contributed by atoms with van der Waals surface area (Å²) in [5.41, 5.74) is -2.50. The second-order valence-electron chi connectivity index (χ2n) is 8.51. The van der Waals surface area contributed by atoms with Crippen molar-refractivity contribution >= 4 is 7.60 Å². The Labute approximate surface area is 173 Å². The molecule has 11 nitrogen and oxygen atoms in total. The molecule has 0 aromatic carbocycles. The van der Waals surface area contributed by atoms with Crippen LogP contribution in [0.25, 0.3) is 0 Å². The van der Waals surface area contributed by atoms with Gasteiger partial charge >= 0.3 is 13.3 Å². The van der Waals surface area contributed by atoms with E-state index in [0.717, 1.165) is 18.4 Å². The molecule has 1 aromatic heterocycles. The number of ether oxygens (including phenoxy) is 1. The second kappa shape index (κ2) is 8.31. The Morgan fingerprint density at radius 3 is 2.37 bits per heavy atom. The normalized spacial score (nSPS) is 29.9. The third-order valence-electron chi connectivity index (χ3n) is 5.88. The largest absolute Gasteiger partial charge is 0.388 e. The lowest BCUT2D eigenvalue weighted by molar-refractivity contribution is -0.107. The van der Waals surface area contributed by atoms with E-state index in [1.807, 2.05) is 0 Å². The summed E-state index contributed by atoms with van der Waals surface area (Å²) < 4.78 is 24.8. The fourth-order valence-corrected chi connectivity index (χ4v) is 4.40. The molecule has 0 spiro atoms. The minimum atomic E-state index is -4.48. The van der Waals surface area contributed by atoms with E-state index >= 15 is 0 Å². The highest BCUT2D eigenvalue weighted by atomic mass is 31.2. The van der Waals surface area contributed by atoms with Crippen molar-refractivity contribution in [2.75, 3.05) is 0 Å². The molecule has 2 heterocycles. The zero-order valence-corrected chi connectivity index (χ0v) is 18.8. The van der Waals surface area contributed by atoms with Crippen LogP contribution in [0.3, 0.4) is 0 Å². The van der Waals surface area contributed by atoms with Gasteiger partial charge in [0.1, 0.15) is 12.2 Å². The molecule has 0 aliphatic carbocycles. The summed E-state index contributed by atoms with van der Waals surface area (Å²) >= 11 is 0. The first-order chi connectivity index (χ1) is 13.6. The van der Waals surface area contributed by atoms with Crippen molar-refractivity contribution in [1.82, 2.24) is 9.55 Å². The summed E-state index contributed by atoms with van der Waals surface area (Å²) in [5.74, 6) is -0.737. The number of hydrogen-bond acceptors (Lipinski definition) is 8. The molecule has 7 atom stereocenters. The van der Waals surface area contributed by atoms with E-state index in [4.69, 9.17) is 9.26 Å². The summed E-state index contributed by atoms with van der Waals surface area (Å²) in [4.78, 5) is 36.1. The Bertz CT molecular complexity index is 937. The monoisotopic (exact) mass is 450 g/mol. The van der Waals surface area contributed by atoms with Gasteiger partial charge in [0.05, 0.1) is 11.7 Å². The van der Waals surface area contributed by atoms with Gasteiger partial charge in [0.2, 0.25) is 0 Å². The molecular formula is C18H31N2O9P. The smallest absolute Gasteiger partial charge is 0.359 e. The SMILES string of the molecule is CCC(C)(OP(=O)(O)C(C)(C)O)C(C)C1OC(n2cc(C)c(=O)[nH]c2=O)C(O)C1O. The summed E-state index contributed by atoms with van der Waals surface area (Å²) in [6.45, 7) is 8.63. The van der Waals surface area contributed by atoms with E-state index in [-0.39, 0.29) is 12.0 Å². The zero-order chi connectivity index (χ0) is 23.2. The fourth-order valence-electron chi connectivity index (χ4n) is 3.32. The number of aliphatic hydroxyl groups excluding tert-OH is 2. The van der Waals surface area contributed by atoms with Gasteiger partial charge in [-0.1, -0.05) is 13.8 Å². The maximum atomic E-state index is 12.5. The van der Waals surface area contributed by atoms with Crippen molar-refractivity contribution < 1.29 is 34.0 Å². The summed E-state index contributed by atoms with van der Waals surface area (Å²) in [6, 6.07) is 0. The molecule has 1 saturated heterocycles. The molecule has 5 N–H and O–H groups in total. The Morgan fingerprint density at radius 2 is 1.87 bits per heavy atom. The average molecular weight is 450 g/mol. The number of rotatable bonds is 7. The Balaban J connectivity index is 2.37. The third-order valence-corrected chi connectivity index (χ3v) is 7.92. The number of aryl methyl sites for hydroxylation is 1. The van der Waals surface area contributed by atoms with E-state index in [1.165, 1.54) is 13.1 Å². The van der Waals surface area contributed by atoms with Gasteiger partial charge in [-0.3, -0.25) is 23.4 Å². The minimum Gasteiger partial charge on any atom is -0.388 e. The van der Waals surface area contributed by atoms with Gasteiger partial charge in [0, 0.05) is 17.7 Å². The molecule has 0 radical (unpaired) electrons. The van der Waals surface area contributed by atoms with Gasteiger partial charge in [-0.2, -0.15) is 0 Å². The van der Waals surface area contributed by atoms with Crippen LogP contribution >= 0.6 is 7.60 Å². The molecule has 1 fully saturated rings. The number of nitrogens with zero attached hydrogens (tertiary/aromatic N) is 1. The molecule has 172 valence electrons. The third kappa shape index (κ3) is 4.47. The molecular weight excluding hydrogens is 419 g/mol. The number of aliphatic hydroxyl groups is 3. The summed E-state index contributed by atoms with van der Waals surface area (Å²) in [7, 11) is -4.48. The highest BCUT2D eigenvalue weighted by molar-refractivity contribution is 7.54. The van der Waals surface area contributed by atoms with Crippen molar-refractivity contribution in [2.45, 2.75) is 83.4 Å². The van der Waals surface area contributed by atoms with E-state index in [9.17, 15) is 34.4 Å². The quantitative estimate of drug-likeness (QED) is 0.364. The van der Waals surface area contributed by atoms with Crippen LogP contribution in [0, 0.1) is 12.8 Å². The van der Waals surface area contributed by atoms with Crippen LogP contribution in [-0.4, -0.2) is 59.0 Å². The molecule has 7 unspecified atom stereocenters. The number of aromatic amines is 1. The van der Waals surface area contributed by atoms with E-state index in [0.29, 0.717) is 0 Å².